The number of non-ortho nitro benzene ring substituents is 1. The Morgan fingerprint density at radius 2 is 2.00 bits per heavy atom. The molecule has 0 saturated carbocycles. The van der Waals surface area contributed by atoms with Crippen LogP contribution in [-0.4, -0.2) is 23.3 Å². The van der Waals surface area contributed by atoms with Gasteiger partial charge < -0.3 is 10.6 Å². The molecule has 23 heavy (non-hydrogen) atoms. The van der Waals surface area contributed by atoms with Crippen LogP contribution in [0.25, 0.3) is 0 Å². The van der Waals surface area contributed by atoms with Crippen molar-refractivity contribution in [1.82, 2.24) is 10.6 Å². The number of thiophene rings is 1. The van der Waals surface area contributed by atoms with Crippen LogP contribution >= 0.6 is 27.3 Å². The second-order valence-corrected chi connectivity index (χ2v) is 7.02. The molecule has 2 amide bonds. The van der Waals surface area contributed by atoms with Gasteiger partial charge in [-0.05, 0) is 34.1 Å². The quantitative estimate of drug-likeness (QED) is 0.577. The molecule has 120 valence electrons. The second-order valence-electron chi connectivity index (χ2n) is 4.47. The van der Waals surface area contributed by atoms with Crippen molar-refractivity contribution in [2.45, 2.75) is 6.54 Å². The lowest BCUT2D eigenvalue weighted by molar-refractivity contribution is -0.384. The first-order chi connectivity index (χ1) is 11.0. The Balaban J connectivity index is 1.82. The maximum absolute atomic E-state index is 11.9. The summed E-state index contributed by atoms with van der Waals surface area (Å²) < 4.78 is 0.973. The summed E-state index contributed by atoms with van der Waals surface area (Å²) in [5.74, 6) is -0.879. The molecule has 1 aromatic heterocycles. The fourth-order valence-electron chi connectivity index (χ4n) is 1.72. The third-order valence-corrected chi connectivity index (χ3v) is 4.44. The van der Waals surface area contributed by atoms with Gasteiger partial charge in [-0.25, -0.2) is 0 Å². The molecule has 2 rings (SSSR count). The maximum atomic E-state index is 11.9. The van der Waals surface area contributed by atoms with E-state index in [1.54, 1.807) is 0 Å². The van der Waals surface area contributed by atoms with E-state index in [-0.39, 0.29) is 23.7 Å². The zero-order valence-electron chi connectivity index (χ0n) is 11.7. The molecule has 1 aromatic carbocycles. The Bertz CT molecular complexity index is 747. The second kappa shape index (κ2) is 7.84. The molecule has 1 heterocycles. The van der Waals surface area contributed by atoms with E-state index in [2.05, 4.69) is 26.6 Å². The van der Waals surface area contributed by atoms with Crippen molar-refractivity contribution in [3.05, 3.63) is 60.7 Å². The highest BCUT2D eigenvalue weighted by atomic mass is 79.9. The smallest absolute Gasteiger partial charge is 0.270 e. The van der Waals surface area contributed by atoms with Crippen molar-refractivity contribution in [3.8, 4) is 0 Å². The summed E-state index contributed by atoms with van der Waals surface area (Å²) in [7, 11) is 0. The molecule has 9 heteroatoms. The van der Waals surface area contributed by atoms with Gasteiger partial charge in [0.2, 0.25) is 5.91 Å². The van der Waals surface area contributed by atoms with E-state index in [0.29, 0.717) is 6.54 Å². The molecule has 0 unspecified atom stereocenters. The number of hydrogen-bond donors (Lipinski definition) is 2. The molecule has 0 aliphatic carbocycles. The molecule has 0 spiro atoms. The number of benzene rings is 1. The summed E-state index contributed by atoms with van der Waals surface area (Å²) in [5.41, 5.74) is -0.0421. The van der Waals surface area contributed by atoms with Gasteiger partial charge in [0.15, 0.2) is 0 Å². The first kappa shape index (κ1) is 17.1. The van der Waals surface area contributed by atoms with E-state index in [1.807, 2.05) is 12.1 Å². The number of carbonyl (C=O) groups excluding carboxylic acids is 2. The largest absolute Gasteiger partial charge is 0.350 e. The van der Waals surface area contributed by atoms with Crippen LogP contribution in [0.1, 0.15) is 15.2 Å². The number of hydrogen-bond acceptors (Lipinski definition) is 5. The number of nitrogens with one attached hydrogen (secondary N) is 2. The van der Waals surface area contributed by atoms with E-state index in [4.69, 9.17) is 0 Å². The average molecular weight is 398 g/mol. The molecule has 2 aromatic rings. The Hall–Kier alpha value is -2.26. The molecule has 7 nitrogen and oxygen atoms in total. The van der Waals surface area contributed by atoms with Gasteiger partial charge in [0.05, 0.1) is 21.8 Å². The molecule has 0 saturated heterocycles. The van der Waals surface area contributed by atoms with Gasteiger partial charge >= 0.3 is 0 Å². The lowest BCUT2D eigenvalue weighted by Crippen LogP contribution is -2.36. The standard InChI is InChI=1S/C14H12BrN3O4S/c15-12-5-4-11(23-12)7-16-13(19)8-17-14(20)9-2-1-3-10(6-9)18(21)22/h1-6H,7-8H2,(H,16,19)(H,17,20). The fraction of sp³-hybridized carbons (Fsp3) is 0.143. The van der Waals surface area contributed by atoms with Crippen LogP contribution in [0.4, 0.5) is 5.69 Å². The van der Waals surface area contributed by atoms with Gasteiger partial charge in [0.1, 0.15) is 0 Å². The van der Waals surface area contributed by atoms with Crippen molar-refractivity contribution in [1.29, 1.82) is 0 Å². The molecule has 0 aliphatic rings. The first-order valence-corrected chi connectivity index (χ1v) is 8.10. The van der Waals surface area contributed by atoms with E-state index in [0.717, 1.165) is 14.7 Å². The highest BCUT2D eigenvalue weighted by Crippen LogP contribution is 2.21. The number of carbonyl (C=O) groups is 2. The van der Waals surface area contributed by atoms with Crippen molar-refractivity contribution in [2.24, 2.45) is 0 Å². The van der Waals surface area contributed by atoms with Crippen LogP contribution in [0.5, 0.6) is 0 Å². The highest BCUT2D eigenvalue weighted by molar-refractivity contribution is 9.11. The molecule has 0 fully saturated rings. The fourth-order valence-corrected chi connectivity index (χ4v) is 3.14. The lowest BCUT2D eigenvalue weighted by atomic mass is 10.2. The predicted octanol–water partition coefficient (Wildman–Crippen LogP) is 2.47. The molecular formula is C14H12BrN3O4S. The van der Waals surface area contributed by atoms with Gasteiger partial charge in [0, 0.05) is 22.6 Å². The summed E-state index contributed by atoms with van der Waals surface area (Å²) in [6, 6.07) is 9.09. The van der Waals surface area contributed by atoms with Gasteiger partial charge in [-0.2, -0.15) is 0 Å². The van der Waals surface area contributed by atoms with Crippen LogP contribution < -0.4 is 10.6 Å². The Morgan fingerprint density at radius 1 is 1.22 bits per heavy atom. The van der Waals surface area contributed by atoms with Gasteiger partial charge in [-0.3, -0.25) is 19.7 Å². The average Bonchev–Trinajstić information content (AvgIpc) is 2.96. The van der Waals surface area contributed by atoms with Gasteiger partial charge in [-0.15, -0.1) is 11.3 Å². The lowest BCUT2D eigenvalue weighted by Gasteiger charge is -2.06. The van der Waals surface area contributed by atoms with Crippen molar-refractivity contribution in [2.75, 3.05) is 6.54 Å². The monoisotopic (exact) mass is 397 g/mol. The van der Waals surface area contributed by atoms with Crippen molar-refractivity contribution < 1.29 is 14.5 Å². The number of nitrogens with zero attached hydrogens (tertiary/aromatic N) is 1. The summed E-state index contributed by atoms with van der Waals surface area (Å²) >= 11 is 4.84. The van der Waals surface area contributed by atoms with Gasteiger partial charge in [0.25, 0.3) is 11.6 Å². The molecule has 0 radical (unpaired) electrons. The first-order valence-electron chi connectivity index (χ1n) is 6.49. The summed E-state index contributed by atoms with van der Waals surface area (Å²) in [5, 5.41) is 15.8. The minimum absolute atomic E-state index is 0.134. The van der Waals surface area contributed by atoms with Gasteiger partial charge in [-0.1, -0.05) is 6.07 Å². The van der Waals surface area contributed by atoms with E-state index in [1.165, 1.54) is 29.5 Å². The zero-order valence-corrected chi connectivity index (χ0v) is 14.1. The predicted molar refractivity (Wildman–Crippen MR) is 89.3 cm³/mol. The molecule has 0 bridgehead atoms. The number of rotatable bonds is 6. The highest BCUT2D eigenvalue weighted by Gasteiger charge is 2.12. The minimum Gasteiger partial charge on any atom is -0.350 e. The third kappa shape index (κ3) is 5.15. The van der Waals surface area contributed by atoms with E-state index in [9.17, 15) is 19.7 Å². The summed E-state index contributed by atoms with van der Waals surface area (Å²) in [6.07, 6.45) is 0. The van der Waals surface area contributed by atoms with E-state index < -0.39 is 10.8 Å². The van der Waals surface area contributed by atoms with Crippen LogP contribution in [-0.2, 0) is 11.3 Å². The van der Waals surface area contributed by atoms with Crippen LogP contribution in [0.15, 0.2) is 40.2 Å². The number of amides is 2. The number of nitro groups is 1. The Morgan fingerprint density at radius 3 is 2.65 bits per heavy atom. The molecule has 2 N–H and O–H groups in total. The molecule has 0 aliphatic heterocycles. The molecule has 0 atom stereocenters. The van der Waals surface area contributed by atoms with E-state index >= 15 is 0 Å². The maximum Gasteiger partial charge on any atom is 0.270 e. The summed E-state index contributed by atoms with van der Waals surface area (Å²) in [6.45, 7) is 0.176. The van der Waals surface area contributed by atoms with Crippen LogP contribution in [0.3, 0.4) is 0 Å². The van der Waals surface area contributed by atoms with Crippen molar-refractivity contribution >= 4 is 44.8 Å². The topological polar surface area (TPSA) is 101 Å². The van der Waals surface area contributed by atoms with Crippen LogP contribution in [0, 0.1) is 10.1 Å². The summed E-state index contributed by atoms with van der Waals surface area (Å²) in [4.78, 5) is 34.6. The Kier molecular flexibility index (Phi) is 5.83. The minimum atomic E-state index is -0.581. The third-order valence-electron chi connectivity index (χ3n) is 2.82. The molecular weight excluding hydrogens is 386 g/mol. The number of halogens is 1. The normalized spacial score (nSPS) is 10.1. The number of nitro benzene ring substituents is 1. The van der Waals surface area contributed by atoms with Crippen molar-refractivity contribution in [3.63, 3.8) is 0 Å². The Labute approximate surface area is 144 Å². The SMILES string of the molecule is O=C(CNC(=O)c1cccc([N+](=O)[O-])c1)NCc1ccc(Br)s1. The zero-order chi connectivity index (χ0) is 16.8. The van der Waals surface area contributed by atoms with Crippen LogP contribution in [0.2, 0.25) is 0 Å².